The lowest BCUT2D eigenvalue weighted by molar-refractivity contribution is 0.0916. The highest BCUT2D eigenvalue weighted by atomic mass is 35.5. The van der Waals surface area contributed by atoms with Gasteiger partial charge in [-0.15, -0.1) is 11.6 Å². The van der Waals surface area contributed by atoms with Crippen LogP contribution in [0.15, 0.2) is 24.3 Å². The number of amides is 1. The Balaban J connectivity index is 2.63. The molecule has 0 spiro atoms. The summed E-state index contributed by atoms with van der Waals surface area (Å²) in [6.07, 6.45) is 0. The Morgan fingerprint density at radius 3 is 2.41 bits per heavy atom. The molecule has 0 fully saturated rings. The standard InChI is InChI=1S/C13H18ClNO2/c1-9(8-16)10(2)15-13(17)12-5-3-11(7-14)4-6-12/h3-6,9-10,16H,7-8H2,1-2H3,(H,15,17). The maximum atomic E-state index is 11.8. The maximum Gasteiger partial charge on any atom is 0.251 e. The van der Waals surface area contributed by atoms with Gasteiger partial charge in [-0.2, -0.15) is 0 Å². The predicted octanol–water partition coefficient (Wildman–Crippen LogP) is 2.17. The van der Waals surface area contributed by atoms with Crippen LogP contribution in [-0.2, 0) is 5.88 Å². The third-order valence-electron chi connectivity index (χ3n) is 2.87. The predicted molar refractivity (Wildman–Crippen MR) is 69.2 cm³/mol. The van der Waals surface area contributed by atoms with Gasteiger partial charge in [0.25, 0.3) is 5.91 Å². The first-order valence-corrected chi connectivity index (χ1v) is 6.18. The molecular formula is C13H18ClNO2. The quantitative estimate of drug-likeness (QED) is 0.793. The topological polar surface area (TPSA) is 49.3 Å². The van der Waals surface area contributed by atoms with Crippen molar-refractivity contribution in [1.82, 2.24) is 5.32 Å². The van der Waals surface area contributed by atoms with E-state index in [0.717, 1.165) is 5.56 Å². The molecule has 94 valence electrons. The second-order valence-electron chi connectivity index (χ2n) is 4.25. The summed E-state index contributed by atoms with van der Waals surface area (Å²) in [5.41, 5.74) is 1.59. The molecule has 2 unspecified atom stereocenters. The van der Waals surface area contributed by atoms with Gasteiger partial charge in [-0.1, -0.05) is 19.1 Å². The summed E-state index contributed by atoms with van der Waals surface area (Å²) in [5, 5.41) is 11.8. The Kier molecular flexibility index (Phi) is 5.45. The molecule has 1 rings (SSSR count). The van der Waals surface area contributed by atoms with Crippen LogP contribution in [0.5, 0.6) is 0 Å². The fourth-order valence-corrected chi connectivity index (χ4v) is 1.51. The van der Waals surface area contributed by atoms with Crippen molar-refractivity contribution in [2.75, 3.05) is 6.61 Å². The van der Waals surface area contributed by atoms with Crippen LogP contribution in [0, 0.1) is 5.92 Å². The molecule has 0 saturated heterocycles. The number of carbonyl (C=O) groups excluding carboxylic acids is 1. The van der Waals surface area contributed by atoms with Crippen LogP contribution in [0.25, 0.3) is 0 Å². The van der Waals surface area contributed by atoms with Gasteiger partial charge in [0.15, 0.2) is 0 Å². The maximum absolute atomic E-state index is 11.8. The second-order valence-corrected chi connectivity index (χ2v) is 4.52. The summed E-state index contributed by atoms with van der Waals surface area (Å²) in [5.74, 6) is 0.361. The van der Waals surface area contributed by atoms with E-state index in [1.165, 1.54) is 0 Å². The Hall–Kier alpha value is -1.06. The van der Waals surface area contributed by atoms with Gasteiger partial charge in [0, 0.05) is 24.1 Å². The molecule has 4 heteroatoms. The smallest absolute Gasteiger partial charge is 0.251 e. The third-order valence-corrected chi connectivity index (χ3v) is 3.18. The van der Waals surface area contributed by atoms with Gasteiger partial charge in [-0.25, -0.2) is 0 Å². The fourth-order valence-electron chi connectivity index (χ4n) is 1.34. The molecule has 0 bridgehead atoms. The van der Waals surface area contributed by atoms with Gasteiger partial charge >= 0.3 is 0 Å². The van der Waals surface area contributed by atoms with Crippen molar-refractivity contribution < 1.29 is 9.90 Å². The van der Waals surface area contributed by atoms with E-state index >= 15 is 0 Å². The average molecular weight is 256 g/mol. The molecule has 3 nitrogen and oxygen atoms in total. The molecule has 0 heterocycles. The Morgan fingerprint density at radius 1 is 1.35 bits per heavy atom. The Morgan fingerprint density at radius 2 is 1.94 bits per heavy atom. The molecule has 0 aliphatic heterocycles. The van der Waals surface area contributed by atoms with Crippen LogP contribution >= 0.6 is 11.6 Å². The van der Waals surface area contributed by atoms with Crippen LogP contribution < -0.4 is 5.32 Å². The van der Waals surface area contributed by atoms with Gasteiger partial charge in [0.2, 0.25) is 0 Å². The lowest BCUT2D eigenvalue weighted by atomic mass is 10.0. The number of nitrogens with one attached hydrogen (secondary N) is 1. The van der Waals surface area contributed by atoms with Crippen LogP contribution in [0.3, 0.4) is 0 Å². The first-order valence-electron chi connectivity index (χ1n) is 5.65. The van der Waals surface area contributed by atoms with Gasteiger partial charge < -0.3 is 10.4 Å². The Labute approximate surface area is 107 Å². The van der Waals surface area contributed by atoms with E-state index in [9.17, 15) is 4.79 Å². The van der Waals surface area contributed by atoms with Gasteiger partial charge in [0.05, 0.1) is 0 Å². The second kappa shape index (κ2) is 6.62. The van der Waals surface area contributed by atoms with E-state index in [1.807, 2.05) is 26.0 Å². The van der Waals surface area contributed by atoms with Crippen molar-refractivity contribution in [2.24, 2.45) is 5.92 Å². The summed E-state index contributed by atoms with van der Waals surface area (Å²) in [6, 6.07) is 7.12. The van der Waals surface area contributed by atoms with E-state index in [-0.39, 0.29) is 24.5 Å². The van der Waals surface area contributed by atoms with Crippen LogP contribution in [0.1, 0.15) is 29.8 Å². The van der Waals surface area contributed by atoms with E-state index in [4.69, 9.17) is 16.7 Å². The summed E-state index contributed by atoms with van der Waals surface area (Å²) in [7, 11) is 0. The van der Waals surface area contributed by atoms with E-state index in [0.29, 0.717) is 11.4 Å². The number of benzene rings is 1. The zero-order chi connectivity index (χ0) is 12.8. The molecule has 17 heavy (non-hydrogen) atoms. The number of aliphatic hydroxyl groups excluding tert-OH is 1. The van der Waals surface area contributed by atoms with E-state index < -0.39 is 0 Å². The zero-order valence-electron chi connectivity index (χ0n) is 10.1. The molecular weight excluding hydrogens is 238 g/mol. The number of halogens is 1. The van der Waals surface area contributed by atoms with Crippen LogP contribution in [-0.4, -0.2) is 23.7 Å². The molecule has 1 aromatic carbocycles. The fraction of sp³-hybridized carbons (Fsp3) is 0.462. The highest BCUT2D eigenvalue weighted by Gasteiger charge is 2.14. The summed E-state index contributed by atoms with van der Waals surface area (Å²) < 4.78 is 0. The van der Waals surface area contributed by atoms with Crippen molar-refractivity contribution in [1.29, 1.82) is 0 Å². The minimum Gasteiger partial charge on any atom is -0.396 e. The minimum atomic E-state index is -0.126. The molecule has 2 N–H and O–H groups in total. The van der Waals surface area contributed by atoms with Gasteiger partial charge in [-0.3, -0.25) is 4.79 Å². The SMILES string of the molecule is CC(CO)C(C)NC(=O)c1ccc(CCl)cc1. The highest BCUT2D eigenvalue weighted by Crippen LogP contribution is 2.08. The lowest BCUT2D eigenvalue weighted by Gasteiger charge is -2.19. The van der Waals surface area contributed by atoms with Crippen molar-refractivity contribution in [2.45, 2.75) is 25.8 Å². The van der Waals surface area contributed by atoms with E-state index in [2.05, 4.69) is 5.32 Å². The largest absolute Gasteiger partial charge is 0.396 e. The molecule has 0 radical (unpaired) electrons. The van der Waals surface area contributed by atoms with Crippen LogP contribution in [0.4, 0.5) is 0 Å². The van der Waals surface area contributed by atoms with Crippen molar-refractivity contribution in [3.8, 4) is 0 Å². The summed E-state index contributed by atoms with van der Waals surface area (Å²) in [6.45, 7) is 3.83. The zero-order valence-corrected chi connectivity index (χ0v) is 10.9. The van der Waals surface area contributed by atoms with Crippen molar-refractivity contribution in [3.63, 3.8) is 0 Å². The number of carbonyl (C=O) groups is 1. The van der Waals surface area contributed by atoms with Gasteiger partial charge in [0.1, 0.15) is 0 Å². The average Bonchev–Trinajstić information content (AvgIpc) is 2.37. The molecule has 0 saturated carbocycles. The van der Waals surface area contributed by atoms with E-state index in [1.54, 1.807) is 12.1 Å². The number of alkyl halides is 1. The number of aliphatic hydroxyl groups is 1. The molecule has 2 atom stereocenters. The third kappa shape index (κ3) is 4.02. The van der Waals surface area contributed by atoms with Crippen molar-refractivity contribution in [3.05, 3.63) is 35.4 Å². The summed E-state index contributed by atoms with van der Waals surface area (Å²) >= 11 is 5.68. The van der Waals surface area contributed by atoms with Crippen LogP contribution in [0.2, 0.25) is 0 Å². The molecule has 0 aromatic heterocycles. The summed E-state index contributed by atoms with van der Waals surface area (Å²) in [4.78, 5) is 11.8. The first-order chi connectivity index (χ1) is 8.08. The monoisotopic (exact) mass is 255 g/mol. The molecule has 0 aliphatic rings. The normalized spacial score (nSPS) is 14.1. The minimum absolute atomic E-state index is 0.0427. The van der Waals surface area contributed by atoms with Crippen molar-refractivity contribution >= 4 is 17.5 Å². The number of hydrogen-bond acceptors (Lipinski definition) is 2. The first kappa shape index (κ1) is 14.0. The Bertz CT molecular complexity index is 364. The molecule has 1 aromatic rings. The highest BCUT2D eigenvalue weighted by molar-refractivity contribution is 6.17. The number of hydrogen-bond donors (Lipinski definition) is 2. The van der Waals surface area contributed by atoms with Gasteiger partial charge in [-0.05, 0) is 30.5 Å². The molecule has 0 aliphatic carbocycles. The molecule has 1 amide bonds. The number of rotatable bonds is 5. The lowest BCUT2D eigenvalue weighted by Crippen LogP contribution is -2.38.